The minimum atomic E-state index is 0.876. The fourth-order valence-corrected chi connectivity index (χ4v) is 5.33. The van der Waals surface area contributed by atoms with E-state index in [1.807, 2.05) is 0 Å². The monoisotopic (exact) mass is 204 g/mol. The molecule has 0 nitrogen and oxygen atoms in total. The lowest BCUT2D eigenvalue weighted by Gasteiger charge is -2.35. The summed E-state index contributed by atoms with van der Waals surface area (Å²) in [5, 5.41) is 0. The van der Waals surface area contributed by atoms with Crippen LogP contribution >= 0.6 is 0 Å². The predicted octanol–water partition coefficient (Wildman–Crippen LogP) is 4.54. The molecular weight excluding hydrogens is 180 g/mol. The molecule has 0 saturated heterocycles. The summed E-state index contributed by atoms with van der Waals surface area (Å²) < 4.78 is 0. The standard InChI is InChI=1S/C15H24/c1-2-5-13(6-7-13)15(10-11-15)14(8-9-14)12-3-4-12/h12H,2-11H2,1H3. The Hall–Kier alpha value is 0. The highest BCUT2D eigenvalue weighted by atomic mass is 14.8. The van der Waals surface area contributed by atoms with E-state index in [-0.39, 0.29) is 0 Å². The molecule has 4 aliphatic rings. The molecule has 0 heterocycles. The number of rotatable bonds is 5. The maximum Gasteiger partial charge on any atom is -0.0181 e. The Kier molecular flexibility index (Phi) is 1.49. The van der Waals surface area contributed by atoms with Gasteiger partial charge in [0.1, 0.15) is 0 Å². The van der Waals surface area contributed by atoms with Crippen molar-refractivity contribution in [1.82, 2.24) is 0 Å². The molecule has 0 unspecified atom stereocenters. The van der Waals surface area contributed by atoms with Crippen LogP contribution in [0.5, 0.6) is 0 Å². The van der Waals surface area contributed by atoms with Crippen molar-refractivity contribution in [3.05, 3.63) is 0 Å². The van der Waals surface area contributed by atoms with Crippen molar-refractivity contribution in [3.63, 3.8) is 0 Å². The molecule has 0 radical (unpaired) electrons. The lowest BCUT2D eigenvalue weighted by Crippen LogP contribution is -2.30. The molecule has 0 spiro atoms. The van der Waals surface area contributed by atoms with Gasteiger partial charge in [0, 0.05) is 0 Å². The molecule has 0 N–H and O–H groups in total. The molecule has 0 aromatic carbocycles. The normalized spacial score (nSPS) is 37.4. The topological polar surface area (TPSA) is 0 Å². The van der Waals surface area contributed by atoms with Gasteiger partial charge in [0.2, 0.25) is 0 Å². The van der Waals surface area contributed by atoms with Crippen LogP contribution in [-0.2, 0) is 0 Å². The molecule has 0 atom stereocenters. The van der Waals surface area contributed by atoms with Crippen LogP contribution in [-0.4, -0.2) is 0 Å². The summed E-state index contributed by atoms with van der Waals surface area (Å²) >= 11 is 0. The van der Waals surface area contributed by atoms with Gasteiger partial charge in [0.05, 0.1) is 0 Å². The van der Waals surface area contributed by atoms with Crippen LogP contribution in [0.3, 0.4) is 0 Å². The first-order valence-electron chi connectivity index (χ1n) is 7.29. The van der Waals surface area contributed by atoms with Crippen LogP contribution in [0.1, 0.15) is 71.1 Å². The van der Waals surface area contributed by atoms with Gasteiger partial charge in [0.25, 0.3) is 0 Å². The Morgan fingerprint density at radius 2 is 1.60 bits per heavy atom. The number of hydrogen-bond donors (Lipinski definition) is 0. The molecule has 0 aromatic rings. The molecule has 4 fully saturated rings. The predicted molar refractivity (Wildman–Crippen MR) is 62.6 cm³/mol. The summed E-state index contributed by atoms with van der Waals surface area (Å²) in [6, 6.07) is 0. The van der Waals surface area contributed by atoms with E-state index in [1.165, 1.54) is 12.3 Å². The van der Waals surface area contributed by atoms with E-state index in [9.17, 15) is 0 Å². The van der Waals surface area contributed by atoms with E-state index in [4.69, 9.17) is 0 Å². The summed E-state index contributed by atoms with van der Waals surface area (Å²) in [5.74, 6) is 1.19. The van der Waals surface area contributed by atoms with Gasteiger partial charge in [-0.15, -0.1) is 0 Å². The molecule has 84 valence electrons. The lowest BCUT2D eigenvalue weighted by molar-refractivity contribution is 0.122. The SMILES string of the molecule is CCCC1(C2(C3(C4CC4)CC3)CC2)CC1. The molecular formula is C15H24. The Balaban J connectivity index is 1.64. The lowest BCUT2D eigenvalue weighted by atomic mass is 9.69. The molecule has 0 heteroatoms. The van der Waals surface area contributed by atoms with E-state index in [0.29, 0.717) is 0 Å². The van der Waals surface area contributed by atoms with Crippen LogP contribution in [0.25, 0.3) is 0 Å². The van der Waals surface area contributed by atoms with Gasteiger partial charge in [-0.25, -0.2) is 0 Å². The van der Waals surface area contributed by atoms with Crippen molar-refractivity contribution < 1.29 is 0 Å². The van der Waals surface area contributed by atoms with Crippen molar-refractivity contribution in [2.75, 3.05) is 0 Å². The Morgan fingerprint density at radius 3 is 1.93 bits per heavy atom. The van der Waals surface area contributed by atoms with Crippen LogP contribution in [0.2, 0.25) is 0 Å². The first-order valence-corrected chi connectivity index (χ1v) is 7.29. The van der Waals surface area contributed by atoms with E-state index < -0.39 is 0 Å². The highest BCUT2D eigenvalue weighted by Gasteiger charge is 2.78. The van der Waals surface area contributed by atoms with Crippen molar-refractivity contribution in [3.8, 4) is 0 Å². The van der Waals surface area contributed by atoms with Crippen LogP contribution in [0.4, 0.5) is 0 Å². The van der Waals surface area contributed by atoms with Gasteiger partial charge in [-0.05, 0) is 80.0 Å². The third-order valence-electron chi connectivity index (χ3n) is 6.45. The van der Waals surface area contributed by atoms with E-state index >= 15 is 0 Å². The highest BCUT2D eigenvalue weighted by molar-refractivity contribution is 5.27. The van der Waals surface area contributed by atoms with Crippen molar-refractivity contribution in [2.45, 2.75) is 71.1 Å². The fourth-order valence-electron chi connectivity index (χ4n) is 5.33. The van der Waals surface area contributed by atoms with Crippen molar-refractivity contribution in [2.24, 2.45) is 22.2 Å². The summed E-state index contributed by atoms with van der Waals surface area (Å²) in [6.07, 6.45) is 15.8. The second-order valence-corrected chi connectivity index (χ2v) is 7.04. The molecule has 15 heavy (non-hydrogen) atoms. The zero-order valence-corrected chi connectivity index (χ0v) is 10.1. The molecule has 0 aliphatic heterocycles. The summed E-state index contributed by atoms with van der Waals surface area (Å²) in [4.78, 5) is 0. The van der Waals surface area contributed by atoms with E-state index in [0.717, 1.165) is 16.2 Å². The Labute approximate surface area is 93.8 Å². The Bertz CT molecular complexity index is 285. The van der Waals surface area contributed by atoms with Gasteiger partial charge >= 0.3 is 0 Å². The van der Waals surface area contributed by atoms with Gasteiger partial charge in [0.15, 0.2) is 0 Å². The second kappa shape index (κ2) is 2.46. The summed E-state index contributed by atoms with van der Waals surface area (Å²) in [5.41, 5.74) is 2.69. The molecule has 0 aromatic heterocycles. The first-order chi connectivity index (χ1) is 7.29. The largest absolute Gasteiger partial charge is 0.0654 e. The summed E-state index contributed by atoms with van der Waals surface area (Å²) in [7, 11) is 0. The first kappa shape index (κ1) is 9.07. The number of hydrogen-bond acceptors (Lipinski definition) is 0. The van der Waals surface area contributed by atoms with Crippen LogP contribution < -0.4 is 0 Å². The van der Waals surface area contributed by atoms with Gasteiger partial charge in [-0.1, -0.05) is 13.3 Å². The third-order valence-corrected chi connectivity index (χ3v) is 6.45. The van der Waals surface area contributed by atoms with Gasteiger partial charge in [-0.3, -0.25) is 0 Å². The van der Waals surface area contributed by atoms with Crippen LogP contribution in [0, 0.1) is 22.2 Å². The molecule has 0 amide bonds. The minimum absolute atomic E-state index is 0.876. The smallest absolute Gasteiger partial charge is 0.0181 e. The summed E-state index contributed by atoms with van der Waals surface area (Å²) in [6.45, 7) is 2.40. The van der Waals surface area contributed by atoms with Gasteiger partial charge in [-0.2, -0.15) is 0 Å². The molecule has 0 bridgehead atoms. The zero-order chi connectivity index (χ0) is 10.1. The second-order valence-electron chi connectivity index (χ2n) is 7.04. The van der Waals surface area contributed by atoms with Crippen LogP contribution in [0.15, 0.2) is 0 Å². The fraction of sp³-hybridized carbons (Fsp3) is 1.00. The third kappa shape index (κ3) is 0.953. The minimum Gasteiger partial charge on any atom is -0.0654 e. The maximum absolute atomic E-state index is 2.40. The molecule has 4 rings (SSSR count). The van der Waals surface area contributed by atoms with Crippen molar-refractivity contribution in [1.29, 1.82) is 0 Å². The van der Waals surface area contributed by atoms with Crippen molar-refractivity contribution >= 4 is 0 Å². The Morgan fingerprint density at radius 1 is 0.933 bits per heavy atom. The average molecular weight is 204 g/mol. The maximum atomic E-state index is 2.40. The molecule has 4 aliphatic carbocycles. The average Bonchev–Trinajstić information content (AvgIpc) is 3.04. The zero-order valence-electron chi connectivity index (χ0n) is 10.1. The van der Waals surface area contributed by atoms with E-state index in [2.05, 4.69) is 6.92 Å². The molecule has 4 saturated carbocycles. The van der Waals surface area contributed by atoms with E-state index in [1.54, 1.807) is 57.8 Å². The van der Waals surface area contributed by atoms with Gasteiger partial charge < -0.3 is 0 Å². The quantitative estimate of drug-likeness (QED) is 0.617. The highest BCUT2D eigenvalue weighted by Crippen LogP contribution is 2.87.